The van der Waals surface area contributed by atoms with Crippen molar-refractivity contribution in [2.45, 2.75) is 0 Å². The van der Waals surface area contributed by atoms with Gasteiger partial charge in [0.2, 0.25) is 0 Å². The predicted molar refractivity (Wildman–Crippen MR) is 73.8 cm³/mol. The number of aldehydes is 1. The van der Waals surface area contributed by atoms with E-state index in [9.17, 15) is 4.79 Å². The van der Waals surface area contributed by atoms with Crippen molar-refractivity contribution in [3.8, 4) is 16.9 Å². The molecule has 0 aliphatic heterocycles. The van der Waals surface area contributed by atoms with Crippen molar-refractivity contribution in [1.29, 1.82) is 0 Å². The van der Waals surface area contributed by atoms with E-state index >= 15 is 0 Å². The Morgan fingerprint density at radius 1 is 1.11 bits per heavy atom. The quantitative estimate of drug-likeness (QED) is 0.775. The monoisotopic (exact) mass is 280 g/mol. The van der Waals surface area contributed by atoms with Gasteiger partial charge in [-0.25, -0.2) is 0 Å². The molecule has 2 nitrogen and oxygen atoms in total. The van der Waals surface area contributed by atoms with Gasteiger partial charge in [-0.3, -0.25) is 4.79 Å². The Balaban J connectivity index is 2.54. The van der Waals surface area contributed by atoms with E-state index in [0.29, 0.717) is 21.4 Å². The molecular weight excluding hydrogens is 271 g/mol. The fourth-order valence-corrected chi connectivity index (χ4v) is 2.24. The zero-order valence-electron chi connectivity index (χ0n) is 9.61. The van der Waals surface area contributed by atoms with Crippen LogP contribution in [0.4, 0.5) is 0 Å². The number of carbonyl (C=O) groups is 1. The van der Waals surface area contributed by atoms with Gasteiger partial charge in [-0.15, -0.1) is 0 Å². The highest BCUT2D eigenvalue weighted by atomic mass is 35.5. The largest absolute Gasteiger partial charge is 0.496 e. The lowest BCUT2D eigenvalue weighted by molar-refractivity contribution is 0.112. The van der Waals surface area contributed by atoms with Crippen LogP contribution in [0.15, 0.2) is 36.4 Å². The van der Waals surface area contributed by atoms with E-state index in [4.69, 9.17) is 27.9 Å². The topological polar surface area (TPSA) is 26.3 Å². The molecule has 2 aromatic carbocycles. The molecule has 92 valence electrons. The van der Waals surface area contributed by atoms with E-state index in [-0.39, 0.29) is 0 Å². The normalized spacial score (nSPS) is 10.2. The molecule has 0 unspecified atom stereocenters. The Kier molecular flexibility index (Phi) is 3.90. The molecule has 0 saturated heterocycles. The number of methoxy groups -OCH3 is 1. The number of carbonyl (C=O) groups excluding carboxylic acids is 1. The van der Waals surface area contributed by atoms with Crippen molar-refractivity contribution in [1.82, 2.24) is 0 Å². The predicted octanol–water partition coefficient (Wildman–Crippen LogP) is 4.48. The van der Waals surface area contributed by atoms with Crippen LogP contribution < -0.4 is 4.74 Å². The first-order chi connectivity index (χ1) is 8.65. The molecule has 0 radical (unpaired) electrons. The smallest absolute Gasteiger partial charge is 0.153 e. The van der Waals surface area contributed by atoms with E-state index in [1.807, 2.05) is 12.1 Å². The standard InChI is InChI=1S/C14H10Cl2O2/c1-18-14-5-2-9(6-10(14)8-17)12-4-3-11(15)7-13(12)16/h2-8H,1H3. The van der Waals surface area contributed by atoms with Crippen LogP contribution in [0.5, 0.6) is 5.75 Å². The average molecular weight is 281 g/mol. The highest BCUT2D eigenvalue weighted by molar-refractivity contribution is 6.36. The summed E-state index contributed by atoms with van der Waals surface area (Å²) in [5, 5.41) is 1.12. The summed E-state index contributed by atoms with van der Waals surface area (Å²) < 4.78 is 5.09. The molecule has 0 aliphatic rings. The third kappa shape index (κ3) is 2.50. The zero-order chi connectivity index (χ0) is 13.1. The first-order valence-corrected chi connectivity index (χ1v) is 6.00. The minimum Gasteiger partial charge on any atom is -0.496 e. The van der Waals surface area contributed by atoms with Crippen LogP contribution in [-0.2, 0) is 0 Å². The van der Waals surface area contributed by atoms with Crippen LogP contribution in [0.25, 0.3) is 11.1 Å². The number of benzene rings is 2. The summed E-state index contributed by atoms with van der Waals surface area (Å²) in [7, 11) is 1.53. The second-order valence-corrected chi connectivity index (χ2v) is 4.54. The fraction of sp³-hybridized carbons (Fsp3) is 0.0714. The maximum Gasteiger partial charge on any atom is 0.153 e. The number of hydrogen-bond acceptors (Lipinski definition) is 2. The van der Waals surface area contributed by atoms with Gasteiger partial charge in [0, 0.05) is 15.6 Å². The van der Waals surface area contributed by atoms with E-state index in [1.54, 1.807) is 24.3 Å². The number of hydrogen-bond donors (Lipinski definition) is 0. The average Bonchev–Trinajstić information content (AvgIpc) is 2.38. The van der Waals surface area contributed by atoms with Gasteiger partial charge in [0.1, 0.15) is 5.75 Å². The van der Waals surface area contributed by atoms with E-state index in [2.05, 4.69) is 0 Å². The SMILES string of the molecule is COc1ccc(-c2ccc(Cl)cc2Cl)cc1C=O. The maximum absolute atomic E-state index is 11.0. The van der Waals surface area contributed by atoms with Gasteiger partial charge in [0.15, 0.2) is 6.29 Å². The Morgan fingerprint density at radius 3 is 2.50 bits per heavy atom. The van der Waals surface area contributed by atoms with Gasteiger partial charge in [0.05, 0.1) is 12.7 Å². The summed E-state index contributed by atoms with van der Waals surface area (Å²) in [6.07, 6.45) is 0.756. The summed E-state index contributed by atoms with van der Waals surface area (Å²) in [5.74, 6) is 0.541. The van der Waals surface area contributed by atoms with Crippen molar-refractivity contribution in [2.24, 2.45) is 0 Å². The lowest BCUT2D eigenvalue weighted by Gasteiger charge is -2.08. The van der Waals surface area contributed by atoms with Crippen molar-refractivity contribution < 1.29 is 9.53 Å². The van der Waals surface area contributed by atoms with Crippen molar-refractivity contribution in [3.05, 3.63) is 52.0 Å². The highest BCUT2D eigenvalue weighted by Gasteiger charge is 2.08. The zero-order valence-corrected chi connectivity index (χ0v) is 11.1. The summed E-state index contributed by atoms with van der Waals surface area (Å²) in [4.78, 5) is 11.0. The summed E-state index contributed by atoms with van der Waals surface area (Å²) in [5.41, 5.74) is 2.16. The molecule has 0 amide bonds. The van der Waals surface area contributed by atoms with Crippen LogP contribution in [0.3, 0.4) is 0 Å². The molecule has 0 atom stereocenters. The molecular formula is C14H10Cl2O2. The van der Waals surface area contributed by atoms with E-state index in [1.165, 1.54) is 7.11 Å². The van der Waals surface area contributed by atoms with Crippen molar-refractivity contribution in [2.75, 3.05) is 7.11 Å². The molecule has 0 aliphatic carbocycles. The van der Waals surface area contributed by atoms with Crippen LogP contribution in [0.2, 0.25) is 10.0 Å². The van der Waals surface area contributed by atoms with Gasteiger partial charge in [0.25, 0.3) is 0 Å². The molecule has 2 rings (SSSR count). The third-order valence-corrected chi connectivity index (χ3v) is 3.15. The van der Waals surface area contributed by atoms with Gasteiger partial charge in [-0.1, -0.05) is 35.3 Å². The van der Waals surface area contributed by atoms with Gasteiger partial charge < -0.3 is 4.74 Å². The molecule has 0 N–H and O–H groups in total. The minimum atomic E-state index is 0.487. The molecule has 0 fully saturated rings. The van der Waals surface area contributed by atoms with Gasteiger partial charge in [-0.2, -0.15) is 0 Å². The lowest BCUT2D eigenvalue weighted by atomic mass is 10.0. The second-order valence-electron chi connectivity index (χ2n) is 3.70. The first-order valence-electron chi connectivity index (χ1n) is 5.24. The van der Waals surface area contributed by atoms with E-state index < -0.39 is 0 Å². The first kappa shape index (κ1) is 12.9. The summed E-state index contributed by atoms with van der Waals surface area (Å²) in [6.45, 7) is 0. The third-order valence-electron chi connectivity index (χ3n) is 2.60. The summed E-state index contributed by atoms with van der Waals surface area (Å²) >= 11 is 12.0. The summed E-state index contributed by atoms with van der Waals surface area (Å²) in [6, 6.07) is 10.6. The van der Waals surface area contributed by atoms with Gasteiger partial charge in [-0.05, 0) is 29.8 Å². The minimum absolute atomic E-state index is 0.487. The Hall–Kier alpha value is -1.51. The van der Waals surface area contributed by atoms with Crippen LogP contribution in [-0.4, -0.2) is 13.4 Å². The van der Waals surface area contributed by atoms with E-state index in [0.717, 1.165) is 17.4 Å². The number of ether oxygens (including phenoxy) is 1. The number of rotatable bonds is 3. The molecule has 2 aromatic rings. The van der Waals surface area contributed by atoms with Crippen LogP contribution >= 0.6 is 23.2 Å². The fourth-order valence-electron chi connectivity index (χ4n) is 1.72. The maximum atomic E-state index is 11.0. The molecule has 0 aromatic heterocycles. The highest BCUT2D eigenvalue weighted by Crippen LogP contribution is 2.32. The molecule has 18 heavy (non-hydrogen) atoms. The van der Waals surface area contributed by atoms with Crippen molar-refractivity contribution >= 4 is 29.5 Å². The molecule has 0 saturated carbocycles. The van der Waals surface area contributed by atoms with Crippen LogP contribution in [0, 0.1) is 0 Å². The molecule has 4 heteroatoms. The number of halogens is 2. The lowest BCUT2D eigenvalue weighted by Crippen LogP contribution is -1.91. The Bertz CT molecular complexity index is 594. The molecule has 0 spiro atoms. The molecule has 0 bridgehead atoms. The Morgan fingerprint density at radius 2 is 1.89 bits per heavy atom. The van der Waals surface area contributed by atoms with Crippen molar-refractivity contribution in [3.63, 3.8) is 0 Å². The molecule has 0 heterocycles. The van der Waals surface area contributed by atoms with Crippen LogP contribution in [0.1, 0.15) is 10.4 Å². The van der Waals surface area contributed by atoms with Gasteiger partial charge >= 0.3 is 0 Å². The Labute approximate surface area is 115 Å². The second kappa shape index (κ2) is 5.42.